The van der Waals surface area contributed by atoms with Gasteiger partial charge in [-0.1, -0.05) is 0 Å². The highest BCUT2D eigenvalue weighted by atomic mass is 16.5. The number of anilines is 2. The van der Waals surface area contributed by atoms with Crippen LogP contribution in [0.3, 0.4) is 0 Å². The molecule has 1 aromatic carbocycles. The first kappa shape index (κ1) is 17.5. The van der Waals surface area contributed by atoms with Gasteiger partial charge in [0.05, 0.1) is 19.9 Å². The van der Waals surface area contributed by atoms with E-state index in [9.17, 15) is 4.79 Å². The molecule has 0 aliphatic carbocycles. The Bertz CT molecular complexity index is 726. The van der Waals surface area contributed by atoms with Crippen LogP contribution >= 0.6 is 0 Å². The summed E-state index contributed by atoms with van der Waals surface area (Å²) in [6, 6.07) is 6.71. The summed E-state index contributed by atoms with van der Waals surface area (Å²) in [6.45, 7) is 5.97. The van der Waals surface area contributed by atoms with Gasteiger partial charge in [0.15, 0.2) is 0 Å². The Morgan fingerprint density at radius 1 is 1.12 bits per heavy atom. The zero-order valence-corrected chi connectivity index (χ0v) is 14.5. The number of hydrogen-bond acceptors (Lipinski definition) is 6. The molecule has 2 aromatic rings. The van der Waals surface area contributed by atoms with Crippen LogP contribution in [0.4, 0.5) is 11.6 Å². The fourth-order valence-corrected chi connectivity index (χ4v) is 1.97. The van der Waals surface area contributed by atoms with E-state index in [2.05, 4.69) is 20.6 Å². The molecule has 0 radical (unpaired) electrons. The van der Waals surface area contributed by atoms with Gasteiger partial charge >= 0.3 is 0 Å². The van der Waals surface area contributed by atoms with Gasteiger partial charge in [-0.15, -0.1) is 0 Å². The van der Waals surface area contributed by atoms with Crippen LogP contribution in [-0.2, 0) is 0 Å². The average molecular weight is 330 g/mol. The third-order valence-electron chi connectivity index (χ3n) is 3.03. The predicted octanol–water partition coefficient (Wildman–Crippen LogP) is 2.96. The number of methoxy groups -OCH3 is 2. The van der Waals surface area contributed by atoms with Crippen LogP contribution in [0.25, 0.3) is 0 Å². The number of nitrogens with one attached hydrogen (secondary N) is 2. The maximum atomic E-state index is 12.4. The maximum absolute atomic E-state index is 12.4. The van der Waals surface area contributed by atoms with Crippen molar-refractivity contribution in [3.63, 3.8) is 0 Å². The van der Waals surface area contributed by atoms with E-state index < -0.39 is 0 Å². The minimum atomic E-state index is -0.349. The van der Waals surface area contributed by atoms with Crippen molar-refractivity contribution in [2.24, 2.45) is 0 Å². The zero-order chi connectivity index (χ0) is 17.7. The number of carbonyl (C=O) groups excluding carboxylic acids is 1. The molecule has 0 saturated carbocycles. The number of hydrogen-bond donors (Lipinski definition) is 2. The molecule has 2 rings (SSSR count). The highest BCUT2D eigenvalue weighted by Crippen LogP contribution is 2.29. The van der Waals surface area contributed by atoms with Gasteiger partial charge in [-0.05, 0) is 39.0 Å². The molecule has 1 amide bonds. The normalized spacial score (nSPS) is 10.9. The molecule has 0 unspecified atom stereocenters. The van der Waals surface area contributed by atoms with Gasteiger partial charge in [0.1, 0.15) is 17.2 Å². The molecule has 0 fully saturated rings. The van der Waals surface area contributed by atoms with E-state index in [1.54, 1.807) is 37.6 Å². The molecular formula is C17H22N4O3. The number of amides is 1. The molecule has 1 heterocycles. The first-order valence-corrected chi connectivity index (χ1v) is 7.47. The number of carbonyl (C=O) groups is 1. The topological polar surface area (TPSA) is 85.4 Å². The molecule has 128 valence electrons. The van der Waals surface area contributed by atoms with Crippen molar-refractivity contribution in [2.45, 2.75) is 26.3 Å². The van der Waals surface area contributed by atoms with Gasteiger partial charge in [0, 0.05) is 17.8 Å². The number of ether oxygens (including phenoxy) is 2. The summed E-state index contributed by atoms with van der Waals surface area (Å²) in [5.41, 5.74) is 0.593. The second kappa shape index (κ2) is 7.16. The van der Waals surface area contributed by atoms with Gasteiger partial charge in [0.2, 0.25) is 5.95 Å². The van der Waals surface area contributed by atoms with E-state index in [0.29, 0.717) is 23.1 Å². The van der Waals surface area contributed by atoms with Crippen molar-refractivity contribution >= 4 is 17.5 Å². The second-order valence-corrected chi connectivity index (χ2v) is 6.16. The van der Waals surface area contributed by atoms with E-state index in [1.807, 2.05) is 20.8 Å². The molecule has 0 saturated heterocycles. The Labute approximate surface area is 141 Å². The minimum Gasteiger partial charge on any atom is -0.497 e. The number of nitrogens with zero attached hydrogens (tertiary/aromatic N) is 2. The first-order chi connectivity index (χ1) is 11.3. The minimum absolute atomic E-state index is 0.200. The quantitative estimate of drug-likeness (QED) is 0.877. The fourth-order valence-electron chi connectivity index (χ4n) is 1.97. The molecule has 0 aliphatic heterocycles. The summed E-state index contributed by atoms with van der Waals surface area (Å²) in [6.07, 6.45) is 1.54. The van der Waals surface area contributed by atoms with Crippen molar-refractivity contribution in [3.05, 3.63) is 36.2 Å². The largest absolute Gasteiger partial charge is 0.497 e. The van der Waals surface area contributed by atoms with Gasteiger partial charge in [-0.3, -0.25) is 4.79 Å². The molecule has 24 heavy (non-hydrogen) atoms. The van der Waals surface area contributed by atoms with Crippen LogP contribution in [-0.4, -0.2) is 35.6 Å². The highest BCUT2D eigenvalue weighted by molar-refractivity contribution is 6.03. The lowest BCUT2D eigenvalue weighted by molar-refractivity contribution is 0.102. The SMILES string of the molecule is COc1ccc(NC(=O)c2ccnc(NC(C)(C)C)n2)c(OC)c1. The fraction of sp³-hybridized carbons (Fsp3) is 0.353. The molecule has 1 aromatic heterocycles. The van der Waals surface area contributed by atoms with Crippen LogP contribution in [0.5, 0.6) is 11.5 Å². The Morgan fingerprint density at radius 2 is 1.88 bits per heavy atom. The molecule has 0 spiro atoms. The predicted molar refractivity (Wildman–Crippen MR) is 92.9 cm³/mol. The van der Waals surface area contributed by atoms with Crippen molar-refractivity contribution in [3.8, 4) is 11.5 Å². The molecule has 7 heteroatoms. The van der Waals surface area contributed by atoms with E-state index in [1.165, 1.54) is 7.11 Å². The van der Waals surface area contributed by atoms with Crippen LogP contribution < -0.4 is 20.1 Å². The lowest BCUT2D eigenvalue weighted by Gasteiger charge is -2.20. The molecule has 0 atom stereocenters. The highest BCUT2D eigenvalue weighted by Gasteiger charge is 2.15. The van der Waals surface area contributed by atoms with Crippen molar-refractivity contribution < 1.29 is 14.3 Å². The Morgan fingerprint density at radius 3 is 2.50 bits per heavy atom. The Kier molecular flexibility index (Phi) is 5.23. The van der Waals surface area contributed by atoms with Gasteiger partial charge in [0.25, 0.3) is 5.91 Å². The lowest BCUT2D eigenvalue weighted by Crippen LogP contribution is -2.28. The zero-order valence-electron chi connectivity index (χ0n) is 14.5. The van der Waals surface area contributed by atoms with Gasteiger partial charge < -0.3 is 20.1 Å². The van der Waals surface area contributed by atoms with Crippen molar-refractivity contribution in [1.29, 1.82) is 0 Å². The van der Waals surface area contributed by atoms with E-state index in [0.717, 1.165) is 0 Å². The monoisotopic (exact) mass is 330 g/mol. The average Bonchev–Trinajstić information content (AvgIpc) is 2.53. The van der Waals surface area contributed by atoms with Crippen LogP contribution in [0.2, 0.25) is 0 Å². The summed E-state index contributed by atoms with van der Waals surface area (Å²) in [5.74, 6) is 1.20. The number of rotatable bonds is 5. The third kappa shape index (κ3) is 4.58. The summed E-state index contributed by atoms with van der Waals surface area (Å²) < 4.78 is 10.4. The first-order valence-electron chi connectivity index (χ1n) is 7.47. The van der Waals surface area contributed by atoms with Crippen molar-refractivity contribution in [2.75, 3.05) is 24.9 Å². The molecule has 2 N–H and O–H groups in total. The third-order valence-corrected chi connectivity index (χ3v) is 3.03. The van der Waals surface area contributed by atoms with Crippen LogP contribution in [0, 0.1) is 0 Å². The maximum Gasteiger partial charge on any atom is 0.274 e. The molecular weight excluding hydrogens is 308 g/mol. The molecule has 0 bridgehead atoms. The summed E-state index contributed by atoms with van der Waals surface area (Å²) in [5, 5.41) is 5.92. The van der Waals surface area contributed by atoms with Gasteiger partial charge in [-0.25, -0.2) is 9.97 Å². The summed E-state index contributed by atoms with van der Waals surface area (Å²) in [4.78, 5) is 20.8. The van der Waals surface area contributed by atoms with E-state index >= 15 is 0 Å². The van der Waals surface area contributed by atoms with Crippen LogP contribution in [0.15, 0.2) is 30.5 Å². The smallest absolute Gasteiger partial charge is 0.274 e. The second-order valence-electron chi connectivity index (χ2n) is 6.16. The number of aromatic nitrogens is 2. The van der Waals surface area contributed by atoms with Crippen LogP contribution in [0.1, 0.15) is 31.3 Å². The van der Waals surface area contributed by atoms with E-state index in [4.69, 9.17) is 9.47 Å². The summed E-state index contributed by atoms with van der Waals surface area (Å²) in [7, 11) is 3.10. The molecule has 7 nitrogen and oxygen atoms in total. The Hall–Kier alpha value is -2.83. The Balaban J connectivity index is 2.20. The molecule has 0 aliphatic rings. The van der Waals surface area contributed by atoms with E-state index in [-0.39, 0.29) is 17.1 Å². The standard InChI is InChI=1S/C17H22N4O3/c1-17(2,3)21-16-18-9-8-13(20-16)15(22)19-12-7-6-11(23-4)10-14(12)24-5/h6-10H,1-5H3,(H,19,22)(H,18,20,21). The number of benzene rings is 1. The lowest BCUT2D eigenvalue weighted by atomic mass is 10.1. The summed E-state index contributed by atoms with van der Waals surface area (Å²) >= 11 is 0. The van der Waals surface area contributed by atoms with Gasteiger partial charge in [-0.2, -0.15) is 0 Å². The van der Waals surface area contributed by atoms with Crippen molar-refractivity contribution in [1.82, 2.24) is 9.97 Å².